The summed E-state index contributed by atoms with van der Waals surface area (Å²) in [6, 6.07) is 18.7. The number of benzene rings is 2. The van der Waals surface area contributed by atoms with E-state index in [1.807, 2.05) is 30.3 Å². The SMILES string of the molecule is Cc1cc2cc(Br)ccc2nc1-c1ccccc1. The molecule has 0 saturated heterocycles. The van der Waals surface area contributed by atoms with Gasteiger partial charge in [0, 0.05) is 15.4 Å². The van der Waals surface area contributed by atoms with Crippen LogP contribution >= 0.6 is 15.9 Å². The second kappa shape index (κ2) is 4.54. The number of pyridine rings is 1. The molecule has 0 aliphatic carbocycles. The van der Waals surface area contributed by atoms with Crippen LogP contribution in [0.4, 0.5) is 0 Å². The van der Waals surface area contributed by atoms with Crippen molar-refractivity contribution in [2.45, 2.75) is 6.92 Å². The number of aromatic nitrogens is 1. The summed E-state index contributed by atoms with van der Waals surface area (Å²) in [5.74, 6) is 0. The van der Waals surface area contributed by atoms with Crippen LogP contribution in [0.1, 0.15) is 5.56 Å². The molecule has 3 rings (SSSR count). The third-order valence-electron chi connectivity index (χ3n) is 3.01. The molecule has 0 aliphatic rings. The number of nitrogens with zero attached hydrogens (tertiary/aromatic N) is 1. The van der Waals surface area contributed by atoms with Crippen molar-refractivity contribution in [2.24, 2.45) is 0 Å². The Bertz CT molecular complexity index is 705. The molecule has 0 N–H and O–H groups in total. The number of fused-ring (bicyclic) bond motifs is 1. The molecule has 2 heteroatoms. The van der Waals surface area contributed by atoms with Crippen molar-refractivity contribution in [1.82, 2.24) is 4.98 Å². The third kappa shape index (κ3) is 2.04. The molecule has 0 bridgehead atoms. The first-order valence-corrected chi connectivity index (χ1v) is 6.66. The van der Waals surface area contributed by atoms with Crippen LogP contribution in [0, 0.1) is 6.92 Å². The van der Waals surface area contributed by atoms with E-state index in [0.29, 0.717) is 0 Å². The lowest BCUT2D eigenvalue weighted by Gasteiger charge is -2.07. The number of rotatable bonds is 1. The Balaban J connectivity index is 2.25. The van der Waals surface area contributed by atoms with Gasteiger partial charge >= 0.3 is 0 Å². The highest BCUT2D eigenvalue weighted by atomic mass is 79.9. The van der Waals surface area contributed by atoms with Gasteiger partial charge in [-0.05, 0) is 36.8 Å². The summed E-state index contributed by atoms with van der Waals surface area (Å²) in [5, 5.41) is 1.17. The Morgan fingerprint density at radius 3 is 2.50 bits per heavy atom. The van der Waals surface area contributed by atoms with Crippen LogP contribution in [0.2, 0.25) is 0 Å². The number of aryl methyl sites for hydroxylation is 1. The molecule has 0 saturated carbocycles. The maximum absolute atomic E-state index is 4.77. The van der Waals surface area contributed by atoms with Crippen molar-refractivity contribution in [3.8, 4) is 11.3 Å². The van der Waals surface area contributed by atoms with Crippen molar-refractivity contribution in [2.75, 3.05) is 0 Å². The standard InChI is InChI=1S/C16H12BrN/c1-11-9-13-10-14(17)7-8-15(13)18-16(11)12-5-3-2-4-6-12/h2-10H,1H3. The van der Waals surface area contributed by atoms with Crippen molar-refractivity contribution in [3.63, 3.8) is 0 Å². The first-order valence-electron chi connectivity index (χ1n) is 5.86. The molecule has 0 atom stereocenters. The van der Waals surface area contributed by atoms with Gasteiger partial charge in [0.15, 0.2) is 0 Å². The summed E-state index contributed by atoms with van der Waals surface area (Å²) < 4.78 is 1.09. The Morgan fingerprint density at radius 1 is 0.944 bits per heavy atom. The van der Waals surface area contributed by atoms with Crippen molar-refractivity contribution < 1.29 is 0 Å². The monoisotopic (exact) mass is 297 g/mol. The molecular weight excluding hydrogens is 286 g/mol. The molecule has 1 aromatic heterocycles. The maximum atomic E-state index is 4.77. The van der Waals surface area contributed by atoms with Gasteiger partial charge in [0.25, 0.3) is 0 Å². The molecule has 0 spiro atoms. The minimum Gasteiger partial charge on any atom is -0.248 e. The molecule has 0 amide bonds. The first-order chi connectivity index (χ1) is 8.74. The minimum absolute atomic E-state index is 1.03. The van der Waals surface area contributed by atoms with Gasteiger partial charge in [-0.25, -0.2) is 4.98 Å². The van der Waals surface area contributed by atoms with Crippen LogP contribution in [-0.4, -0.2) is 4.98 Å². The third-order valence-corrected chi connectivity index (χ3v) is 3.51. The number of halogens is 1. The fraction of sp³-hybridized carbons (Fsp3) is 0.0625. The quantitative estimate of drug-likeness (QED) is 0.618. The Labute approximate surface area is 115 Å². The molecule has 3 aromatic rings. The summed E-state index contributed by atoms with van der Waals surface area (Å²) in [6.07, 6.45) is 0. The maximum Gasteiger partial charge on any atom is 0.0738 e. The summed E-state index contributed by atoms with van der Waals surface area (Å²) in [6.45, 7) is 2.11. The summed E-state index contributed by atoms with van der Waals surface area (Å²) >= 11 is 3.49. The highest BCUT2D eigenvalue weighted by Crippen LogP contribution is 2.26. The molecule has 18 heavy (non-hydrogen) atoms. The van der Waals surface area contributed by atoms with Crippen LogP contribution in [0.3, 0.4) is 0 Å². The zero-order valence-corrected chi connectivity index (χ0v) is 11.6. The highest BCUT2D eigenvalue weighted by molar-refractivity contribution is 9.10. The predicted octanol–water partition coefficient (Wildman–Crippen LogP) is 4.97. The fourth-order valence-corrected chi connectivity index (χ4v) is 2.52. The zero-order chi connectivity index (χ0) is 12.5. The lowest BCUT2D eigenvalue weighted by Crippen LogP contribution is -1.89. The fourth-order valence-electron chi connectivity index (χ4n) is 2.14. The average Bonchev–Trinajstić information content (AvgIpc) is 2.39. The normalized spacial score (nSPS) is 10.8. The van der Waals surface area contributed by atoms with Crippen molar-refractivity contribution in [3.05, 3.63) is 64.6 Å². The van der Waals surface area contributed by atoms with Crippen LogP contribution in [0.5, 0.6) is 0 Å². The van der Waals surface area contributed by atoms with E-state index in [1.165, 1.54) is 16.5 Å². The lowest BCUT2D eigenvalue weighted by atomic mass is 10.0. The summed E-state index contributed by atoms with van der Waals surface area (Å²) in [4.78, 5) is 4.77. The summed E-state index contributed by atoms with van der Waals surface area (Å²) in [7, 11) is 0. The second-order valence-corrected chi connectivity index (χ2v) is 5.27. The molecule has 1 nitrogen and oxygen atoms in total. The smallest absolute Gasteiger partial charge is 0.0738 e. The van der Waals surface area contributed by atoms with E-state index in [0.717, 1.165) is 15.7 Å². The number of hydrogen-bond acceptors (Lipinski definition) is 1. The van der Waals surface area contributed by atoms with E-state index in [1.54, 1.807) is 0 Å². The lowest BCUT2D eigenvalue weighted by molar-refractivity contribution is 1.33. The number of hydrogen-bond donors (Lipinski definition) is 0. The van der Waals surface area contributed by atoms with Gasteiger partial charge in [0.2, 0.25) is 0 Å². The van der Waals surface area contributed by atoms with Crippen LogP contribution in [0.25, 0.3) is 22.2 Å². The molecule has 1 heterocycles. The van der Waals surface area contributed by atoms with Gasteiger partial charge < -0.3 is 0 Å². The van der Waals surface area contributed by atoms with Gasteiger partial charge in [0.05, 0.1) is 11.2 Å². The van der Waals surface area contributed by atoms with Gasteiger partial charge in [-0.2, -0.15) is 0 Å². The summed E-state index contributed by atoms with van der Waals surface area (Å²) in [5.41, 5.74) is 4.46. The Hall–Kier alpha value is -1.67. The molecular formula is C16H12BrN. The minimum atomic E-state index is 1.03. The van der Waals surface area contributed by atoms with Crippen LogP contribution in [-0.2, 0) is 0 Å². The predicted molar refractivity (Wildman–Crippen MR) is 79.6 cm³/mol. The van der Waals surface area contributed by atoms with Gasteiger partial charge in [-0.15, -0.1) is 0 Å². The average molecular weight is 298 g/mol. The van der Waals surface area contributed by atoms with E-state index in [9.17, 15) is 0 Å². The van der Waals surface area contributed by atoms with E-state index in [-0.39, 0.29) is 0 Å². The van der Waals surface area contributed by atoms with Gasteiger partial charge in [0.1, 0.15) is 0 Å². The topological polar surface area (TPSA) is 12.9 Å². The van der Waals surface area contributed by atoms with E-state index >= 15 is 0 Å². The Kier molecular flexibility index (Phi) is 2.88. The van der Waals surface area contributed by atoms with Crippen LogP contribution < -0.4 is 0 Å². The molecule has 2 aromatic carbocycles. The van der Waals surface area contributed by atoms with E-state index < -0.39 is 0 Å². The molecule has 0 aliphatic heterocycles. The van der Waals surface area contributed by atoms with Crippen LogP contribution in [0.15, 0.2) is 59.1 Å². The molecule has 88 valence electrons. The Morgan fingerprint density at radius 2 is 1.72 bits per heavy atom. The van der Waals surface area contributed by atoms with Gasteiger partial charge in [-0.3, -0.25) is 0 Å². The molecule has 0 radical (unpaired) electrons. The highest BCUT2D eigenvalue weighted by Gasteiger charge is 2.05. The van der Waals surface area contributed by atoms with E-state index in [2.05, 4.69) is 47.1 Å². The van der Waals surface area contributed by atoms with Crippen molar-refractivity contribution >= 4 is 26.8 Å². The second-order valence-electron chi connectivity index (χ2n) is 4.36. The zero-order valence-electron chi connectivity index (χ0n) is 10.0. The first kappa shape index (κ1) is 11.4. The molecule has 0 fully saturated rings. The largest absolute Gasteiger partial charge is 0.248 e. The van der Waals surface area contributed by atoms with Gasteiger partial charge in [-0.1, -0.05) is 46.3 Å². The van der Waals surface area contributed by atoms with Crippen molar-refractivity contribution in [1.29, 1.82) is 0 Å². The molecule has 0 unspecified atom stereocenters. The van der Waals surface area contributed by atoms with E-state index in [4.69, 9.17) is 4.98 Å².